The van der Waals surface area contributed by atoms with E-state index in [1.165, 1.54) is 0 Å². The zero-order valence-electron chi connectivity index (χ0n) is 19.4. The number of ketones is 1. The van der Waals surface area contributed by atoms with E-state index in [4.69, 9.17) is 13.6 Å². The van der Waals surface area contributed by atoms with Gasteiger partial charge in [-0.15, -0.1) is 0 Å². The molecule has 0 aromatic heterocycles. The predicted molar refractivity (Wildman–Crippen MR) is 116 cm³/mol. The van der Waals surface area contributed by atoms with Crippen LogP contribution in [-0.4, -0.2) is 46.8 Å². The van der Waals surface area contributed by atoms with Crippen molar-refractivity contribution in [2.75, 3.05) is 13.2 Å². The van der Waals surface area contributed by atoms with E-state index in [1.807, 2.05) is 0 Å². The third kappa shape index (κ3) is 4.94. The minimum Gasteiger partial charge on any atom is -0.414 e. The lowest BCUT2D eigenvalue weighted by molar-refractivity contribution is -0.176. The van der Waals surface area contributed by atoms with Crippen molar-refractivity contribution in [3.8, 4) is 0 Å². The molecule has 0 spiro atoms. The maximum atomic E-state index is 12.6. The van der Waals surface area contributed by atoms with Crippen LogP contribution in [0.15, 0.2) is 0 Å². The fraction of sp³-hybridized carbons (Fsp3) is 0.952. The monoisotopic (exact) mass is 414 g/mol. The normalized spacial score (nSPS) is 30.1. The average Bonchev–Trinajstić information content (AvgIpc) is 2.74. The van der Waals surface area contributed by atoms with Gasteiger partial charge in [0.05, 0.1) is 24.4 Å². The van der Waals surface area contributed by atoms with Crippen LogP contribution in [0.2, 0.25) is 36.3 Å². The molecule has 0 aromatic carbocycles. The standard InChI is InChI=1S/C21H42O4Si2/c1-18(2,3)26(7,8)23-15-20-11-12-21(25-20,14-17(22)13-20)16-24-27(9,10)19(4,5)6/h11-16H2,1-10H3. The highest BCUT2D eigenvalue weighted by Crippen LogP contribution is 2.49. The molecule has 2 heterocycles. The van der Waals surface area contributed by atoms with E-state index in [0.29, 0.717) is 31.8 Å². The molecular weight excluding hydrogens is 372 g/mol. The van der Waals surface area contributed by atoms with Crippen molar-refractivity contribution in [2.24, 2.45) is 0 Å². The fourth-order valence-corrected chi connectivity index (χ4v) is 5.52. The molecule has 0 aromatic rings. The van der Waals surface area contributed by atoms with E-state index in [-0.39, 0.29) is 10.1 Å². The maximum absolute atomic E-state index is 12.6. The second-order valence-corrected chi connectivity index (χ2v) is 21.6. The lowest BCUT2D eigenvalue weighted by atomic mass is 9.92. The van der Waals surface area contributed by atoms with Crippen LogP contribution in [0.25, 0.3) is 0 Å². The third-order valence-electron chi connectivity index (χ3n) is 7.51. The topological polar surface area (TPSA) is 44.8 Å². The van der Waals surface area contributed by atoms with Gasteiger partial charge in [-0.2, -0.15) is 0 Å². The zero-order chi connectivity index (χ0) is 20.9. The molecule has 2 aliphatic rings. The summed E-state index contributed by atoms with van der Waals surface area (Å²) in [5, 5.41) is 0.312. The highest BCUT2D eigenvalue weighted by Gasteiger charge is 2.57. The molecule has 0 saturated carbocycles. The highest BCUT2D eigenvalue weighted by molar-refractivity contribution is 6.74. The van der Waals surface area contributed by atoms with Crippen molar-refractivity contribution in [3.05, 3.63) is 0 Å². The van der Waals surface area contributed by atoms with Crippen LogP contribution in [0.5, 0.6) is 0 Å². The van der Waals surface area contributed by atoms with E-state index < -0.39 is 27.8 Å². The first kappa shape index (κ1) is 23.3. The molecule has 2 bridgehead atoms. The summed E-state index contributed by atoms with van der Waals surface area (Å²) in [7, 11) is -3.74. The molecule has 4 nitrogen and oxygen atoms in total. The van der Waals surface area contributed by atoms with Crippen LogP contribution in [0, 0.1) is 0 Å². The third-order valence-corrected chi connectivity index (χ3v) is 16.5. The predicted octanol–water partition coefficient (Wildman–Crippen LogP) is 5.68. The first-order valence-corrected chi connectivity index (χ1v) is 16.2. The van der Waals surface area contributed by atoms with Gasteiger partial charge in [0.25, 0.3) is 0 Å². The van der Waals surface area contributed by atoms with Gasteiger partial charge in [-0.25, -0.2) is 0 Å². The van der Waals surface area contributed by atoms with E-state index in [1.54, 1.807) is 0 Å². The number of ether oxygens (including phenoxy) is 1. The SMILES string of the molecule is CC(C)(C)[Si](C)(C)OCC12CCC(CO[Si](C)(C)C(C)(C)C)(CC(=O)C1)O2. The van der Waals surface area contributed by atoms with E-state index in [0.717, 1.165) is 12.8 Å². The van der Waals surface area contributed by atoms with Gasteiger partial charge in [-0.05, 0) is 49.1 Å². The number of fused-ring (bicyclic) bond motifs is 2. The van der Waals surface area contributed by atoms with Crippen LogP contribution < -0.4 is 0 Å². The summed E-state index contributed by atoms with van der Waals surface area (Å²) < 4.78 is 19.6. The van der Waals surface area contributed by atoms with Crippen LogP contribution in [0.4, 0.5) is 0 Å². The van der Waals surface area contributed by atoms with E-state index in [9.17, 15) is 4.79 Å². The second kappa shape index (κ2) is 7.04. The van der Waals surface area contributed by atoms with E-state index >= 15 is 0 Å². The van der Waals surface area contributed by atoms with Gasteiger partial charge >= 0.3 is 0 Å². The molecule has 158 valence electrons. The van der Waals surface area contributed by atoms with Gasteiger partial charge in [0.2, 0.25) is 0 Å². The number of carbonyl (C=O) groups is 1. The number of rotatable bonds is 6. The largest absolute Gasteiger partial charge is 0.414 e. The van der Waals surface area contributed by atoms with Crippen molar-refractivity contribution < 1.29 is 18.4 Å². The lowest BCUT2D eigenvalue weighted by Gasteiger charge is -2.44. The second-order valence-electron chi connectivity index (χ2n) is 12.0. The van der Waals surface area contributed by atoms with Crippen molar-refractivity contribution in [3.63, 3.8) is 0 Å². The molecule has 2 atom stereocenters. The molecule has 27 heavy (non-hydrogen) atoms. The molecule has 0 amide bonds. The molecule has 0 N–H and O–H groups in total. The number of carbonyl (C=O) groups excluding carboxylic acids is 1. The van der Waals surface area contributed by atoms with Gasteiger partial charge < -0.3 is 13.6 Å². The molecule has 2 rings (SSSR count). The van der Waals surface area contributed by atoms with Gasteiger partial charge in [0.15, 0.2) is 16.6 Å². The van der Waals surface area contributed by atoms with Crippen LogP contribution >= 0.6 is 0 Å². The minimum absolute atomic E-state index is 0.156. The Labute approximate surface area is 169 Å². The maximum Gasteiger partial charge on any atom is 0.192 e. The molecule has 2 aliphatic heterocycles. The summed E-state index contributed by atoms with van der Waals surface area (Å²) in [6, 6.07) is 0. The zero-order valence-corrected chi connectivity index (χ0v) is 21.4. The minimum atomic E-state index is -1.87. The molecule has 2 fully saturated rings. The average molecular weight is 415 g/mol. The Kier molecular flexibility index (Phi) is 6.07. The van der Waals surface area contributed by atoms with Crippen LogP contribution in [-0.2, 0) is 18.4 Å². The van der Waals surface area contributed by atoms with Gasteiger partial charge in [0, 0.05) is 12.8 Å². The smallest absolute Gasteiger partial charge is 0.192 e. The van der Waals surface area contributed by atoms with Gasteiger partial charge in [0.1, 0.15) is 5.78 Å². The highest BCUT2D eigenvalue weighted by atomic mass is 28.4. The Balaban J connectivity index is 2.09. The molecule has 2 unspecified atom stereocenters. The van der Waals surface area contributed by atoms with Crippen molar-refractivity contribution in [1.29, 1.82) is 0 Å². The summed E-state index contributed by atoms with van der Waals surface area (Å²) >= 11 is 0. The first-order valence-electron chi connectivity index (χ1n) is 10.4. The van der Waals surface area contributed by atoms with Crippen LogP contribution in [0.3, 0.4) is 0 Å². The van der Waals surface area contributed by atoms with Gasteiger partial charge in [-0.3, -0.25) is 4.79 Å². The number of Topliss-reactive ketones (excluding diaryl/α,β-unsaturated/α-hetero) is 1. The van der Waals surface area contributed by atoms with E-state index in [2.05, 4.69) is 67.7 Å². The summed E-state index contributed by atoms with van der Waals surface area (Å²) in [5.74, 6) is 0.302. The van der Waals surface area contributed by atoms with Crippen LogP contribution in [0.1, 0.15) is 67.2 Å². The number of hydrogen-bond donors (Lipinski definition) is 0. The molecule has 2 saturated heterocycles. The Hall–Kier alpha value is -0.0162. The molecular formula is C21H42O4Si2. The lowest BCUT2D eigenvalue weighted by Crippen LogP contribution is -2.53. The Morgan fingerprint density at radius 1 is 0.815 bits per heavy atom. The summed E-state index contributed by atoms with van der Waals surface area (Å²) in [6.07, 6.45) is 2.77. The van der Waals surface area contributed by atoms with Crippen molar-refractivity contribution in [1.82, 2.24) is 0 Å². The number of hydrogen-bond acceptors (Lipinski definition) is 4. The van der Waals surface area contributed by atoms with Gasteiger partial charge in [-0.1, -0.05) is 41.5 Å². The summed E-state index contributed by atoms with van der Waals surface area (Å²) in [4.78, 5) is 12.6. The summed E-state index contributed by atoms with van der Waals surface area (Å²) in [6.45, 7) is 23.6. The molecule has 0 aliphatic carbocycles. The quantitative estimate of drug-likeness (QED) is 0.524. The van der Waals surface area contributed by atoms with Crippen molar-refractivity contribution >= 4 is 22.4 Å². The Bertz CT molecular complexity index is 526. The van der Waals surface area contributed by atoms with Crippen molar-refractivity contribution in [2.45, 2.75) is 115 Å². The first-order chi connectivity index (χ1) is 11.9. The Morgan fingerprint density at radius 2 is 1.15 bits per heavy atom. The summed E-state index contributed by atoms with van der Waals surface area (Å²) in [5.41, 5.74) is -0.886. The molecule has 6 heteroatoms. The molecule has 0 radical (unpaired) electrons. The Morgan fingerprint density at radius 3 is 1.44 bits per heavy atom. The fourth-order valence-electron chi connectivity index (χ4n) is 3.41.